The Morgan fingerprint density at radius 2 is 2.12 bits per heavy atom. The number of hydrogen-bond acceptors (Lipinski definition) is 2. The van der Waals surface area contributed by atoms with Gasteiger partial charge in [0.15, 0.2) is 0 Å². The topological polar surface area (TPSA) is 55.1 Å². The minimum atomic E-state index is -0.832. The van der Waals surface area contributed by atoms with Gasteiger partial charge in [-0.2, -0.15) is 5.10 Å². The van der Waals surface area contributed by atoms with Crippen LogP contribution < -0.4 is 0 Å². The zero-order valence-corrected chi connectivity index (χ0v) is 10.6. The van der Waals surface area contributed by atoms with Crippen molar-refractivity contribution in [1.82, 2.24) is 9.78 Å². The number of aryl methyl sites for hydroxylation is 1. The van der Waals surface area contributed by atoms with Crippen molar-refractivity contribution < 1.29 is 9.90 Å². The molecule has 0 saturated carbocycles. The van der Waals surface area contributed by atoms with Crippen LogP contribution in [-0.2, 0) is 16.8 Å². The lowest BCUT2D eigenvalue weighted by Crippen LogP contribution is -2.25. The predicted octanol–water partition coefficient (Wildman–Crippen LogP) is 2.39. The standard InChI is InChI=1S/C12H20N2O2/c1-6-9-7-10(8(2)11(15)16)13-14(9)12(3,4)5/h7-8H,6H2,1-5H3,(H,15,16). The van der Waals surface area contributed by atoms with Crippen molar-refractivity contribution in [2.24, 2.45) is 0 Å². The van der Waals surface area contributed by atoms with E-state index in [4.69, 9.17) is 5.11 Å². The SMILES string of the molecule is CCc1cc(C(C)C(=O)O)nn1C(C)(C)C. The molecule has 1 aromatic rings. The number of aromatic nitrogens is 2. The molecular formula is C12H20N2O2. The van der Waals surface area contributed by atoms with Gasteiger partial charge in [-0.15, -0.1) is 0 Å². The Kier molecular flexibility index (Phi) is 3.41. The molecule has 0 fully saturated rings. The first kappa shape index (κ1) is 12.7. The highest BCUT2D eigenvalue weighted by molar-refractivity contribution is 5.74. The second-order valence-corrected chi connectivity index (χ2v) is 5.06. The van der Waals surface area contributed by atoms with Crippen LogP contribution in [0.1, 0.15) is 51.9 Å². The molecule has 4 nitrogen and oxygen atoms in total. The summed E-state index contributed by atoms with van der Waals surface area (Å²) in [5, 5.41) is 13.4. The van der Waals surface area contributed by atoms with Crippen LogP contribution in [0.15, 0.2) is 6.07 Å². The summed E-state index contributed by atoms with van der Waals surface area (Å²) in [5.41, 5.74) is 1.61. The summed E-state index contributed by atoms with van der Waals surface area (Å²) < 4.78 is 1.92. The van der Waals surface area contributed by atoms with E-state index >= 15 is 0 Å². The molecule has 0 saturated heterocycles. The molecule has 1 N–H and O–H groups in total. The van der Waals surface area contributed by atoms with Gasteiger partial charge in [0.05, 0.1) is 17.2 Å². The van der Waals surface area contributed by atoms with Crippen molar-refractivity contribution in [2.45, 2.75) is 52.5 Å². The Bertz CT molecular complexity index is 388. The van der Waals surface area contributed by atoms with Crippen molar-refractivity contribution >= 4 is 5.97 Å². The molecule has 4 heteroatoms. The lowest BCUT2D eigenvalue weighted by atomic mass is 10.1. The lowest BCUT2D eigenvalue weighted by Gasteiger charge is -2.22. The summed E-state index contributed by atoms with van der Waals surface area (Å²) in [5.74, 6) is -1.38. The van der Waals surface area contributed by atoms with Gasteiger partial charge in [-0.05, 0) is 40.2 Å². The molecule has 0 aliphatic carbocycles. The molecule has 16 heavy (non-hydrogen) atoms. The third-order valence-electron chi connectivity index (χ3n) is 2.61. The Labute approximate surface area is 96.3 Å². The maximum absolute atomic E-state index is 10.9. The molecular weight excluding hydrogens is 204 g/mol. The second kappa shape index (κ2) is 4.28. The number of aliphatic carboxylic acids is 1. The van der Waals surface area contributed by atoms with Gasteiger partial charge in [0.2, 0.25) is 0 Å². The fourth-order valence-electron chi connectivity index (χ4n) is 1.61. The van der Waals surface area contributed by atoms with E-state index in [1.807, 2.05) is 10.7 Å². The van der Waals surface area contributed by atoms with Crippen LogP contribution in [-0.4, -0.2) is 20.9 Å². The predicted molar refractivity (Wildman–Crippen MR) is 62.7 cm³/mol. The monoisotopic (exact) mass is 224 g/mol. The maximum atomic E-state index is 10.9. The van der Waals surface area contributed by atoms with Gasteiger partial charge in [-0.3, -0.25) is 9.48 Å². The van der Waals surface area contributed by atoms with Gasteiger partial charge in [0, 0.05) is 5.69 Å². The maximum Gasteiger partial charge on any atom is 0.312 e. The Balaban J connectivity index is 3.18. The number of carboxylic acids is 1. The zero-order chi connectivity index (χ0) is 12.5. The van der Waals surface area contributed by atoms with E-state index in [0.29, 0.717) is 5.69 Å². The lowest BCUT2D eigenvalue weighted by molar-refractivity contribution is -0.138. The van der Waals surface area contributed by atoms with Gasteiger partial charge in [0.25, 0.3) is 0 Å². The number of hydrogen-bond donors (Lipinski definition) is 1. The largest absolute Gasteiger partial charge is 0.481 e. The Morgan fingerprint density at radius 3 is 2.44 bits per heavy atom. The van der Waals surface area contributed by atoms with Gasteiger partial charge in [0.1, 0.15) is 0 Å². The molecule has 1 heterocycles. The van der Waals surface area contributed by atoms with Crippen LogP contribution in [0.3, 0.4) is 0 Å². The molecule has 0 aromatic carbocycles. The van der Waals surface area contributed by atoms with Crippen LogP contribution in [0.2, 0.25) is 0 Å². The van der Waals surface area contributed by atoms with Gasteiger partial charge < -0.3 is 5.11 Å². The van der Waals surface area contributed by atoms with Gasteiger partial charge in [-0.1, -0.05) is 6.92 Å². The fraction of sp³-hybridized carbons (Fsp3) is 0.667. The first-order chi connectivity index (χ1) is 7.27. The van der Waals surface area contributed by atoms with Crippen LogP contribution in [0.5, 0.6) is 0 Å². The second-order valence-electron chi connectivity index (χ2n) is 5.06. The first-order valence-corrected chi connectivity index (χ1v) is 5.59. The average Bonchev–Trinajstić information content (AvgIpc) is 2.59. The molecule has 1 rings (SSSR count). The average molecular weight is 224 g/mol. The molecule has 0 bridgehead atoms. The highest BCUT2D eigenvalue weighted by atomic mass is 16.4. The summed E-state index contributed by atoms with van der Waals surface area (Å²) in [4.78, 5) is 10.9. The van der Waals surface area contributed by atoms with Crippen molar-refractivity contribution in [2.75, 3.05) is 0 Å². The minimum absolute atomic E-state index is 0.109. The molecule has 0 aliphatic heterocycles. The van der Waals surface area contributed by atoms with Crippen molar-refractivity contribution in [3.8, 4) is 0 Å². The van der Waals surface area contributed by atoms with Gasteiger partial charge in [-0.25, -0.2) is 0 Å². The summed E-state index contributed by atoms with van der Waals surface area (Å²) >= 11 is 0. The molecule has 0 amide bonds. The van der Waals surface area contributed by atoms with Crippen molar-refractivity contribution in [3.05, 3.63) is 17.5 Å². The molecule has 0 spiro atoms. The third kappa shape index (κ3) is 2.43. The summed E-state index contributed by atoms with van der Waals surface area (Å²) in [6.07, 6.45) is 0.858. The van der Waals surface area contributed by atoms with Crippen LogP contribution in [0.4, 0.5) is 0 Å². The number of carbonyl (C=O) groups is 1. The molecule has 0 aliphatic rings. The van der Waals surface area contributed by atoms with E-state index in [2.05, 4.69) is 32.8 Å². The number of nitrogens with zero attached hydrogens (tertiary/aromatic N) is 2. The Hall–Kier alpha value is -1.32. The van der Waals surface area contributed by atoms with Crippen molar-refractivity contribution in [1.29, 1.82) is 0 Å². The summed E-state index contributed by atoms with van der Waals surface area (Å²) in [7, 11) is 0. The highest BCUT2D eigenvalue weighted by Gasteiger charge is 2.23. The van der Waals surface area contributed by atoms with E-state index < -0.39 is 11.9 Å². The van der Waals surface area contributed by atoms with Crippen molar-refractivity contribution in [3.63, 3.8) is 0 Å². The molecule has 90 valence electrons. The van der Waals surface area contributed by atoms with E-state index in [1.165, 1.54) is 0 Å². The zero-order valence-electron chi connectivity index (χ0n) is 10.6. The quantitative estimate of drug-likeness (QED) is 0.857. The summed E-state index contributed by atoms with van der Waals surface area (Å²) in [6.45, 7) is 9.91. The van der Waals surface area contributed by atoms with Crippen LogP contribution in [0.25, 0.3) is 0 Å². The summed E-state index contributed by atoms with van der Waals surface area (Å²) in [6, 6.07) is 1.89. The third-order valence-corrected chi connectivity index (χ3v) is 2.61. The van der Waals surface area contributed by atoms with E-state index in [0.717, 1.165) is 12.1 Å². The molecule has 1 aromatic heterocycles. The number of rotatable bonds is 3. The van der Waals surface area contributed by atoms with E-state index in [1.54, 1.807) is 6.92 Å². The Morgan fingerprint density at radius 1 is 1.56 bits per heavy atom. The first-order valence-electron chi connectivity index (χ1n) is 5.59. The van der Waals surface area contributed by atoms with E-state index in [9.17, 15) is 4.79 Å². The van der Waals surface area contributed by atoms with Crippen LogP contribution >= 0.6 is 0 Å². The smallest absolute Gasteiger partial charge is 0.312 e. The van der Waals surface area contributed by atoms with Gasteiger partial charge >= 0.3 is 5.97 Å². The molecule has 1 unspecified atom stereocenters. The fourth-order valence-corrected chi connectivity index (χ4v) is 1.61. The molecule has 1 atom stereocenters. The highest BCUT2D eigenvalue weighted by Crippen LogP contribution is 2.22. The van der Waals surface area contributed by atoms with E-state index in [-0.39, 0.29) is 5.54 Å². The molecule has 0 radical (unpaired) electrons. The number of carboxylic acid groups (broad SMARTS) is 1. The minimum Gasteiger partial charge on any atom is -0.481 e. The normalized spacial score (nSPS) is 13.8. The van der Waals surface area contributed by atoms with Crippen LogP contribution in [0, 0.1) is 0 Å².